The summed E-state index contributed by atoms with van der Waals surface area (Å²) in [6, 6.07) is 2.33. The van der Waals surface area contributed by atoms with Crippen LogP contribution in [0.25, 0.3) is 0 Å². The van der Waals surface area contributed by atoms with Gasteiger partial charge in [0.25, 0.3) is 0 Å². The van der Waals surface area contributed by atoms with Crippen LogP contribution in [0.3, 0.4) is 0 Å². The molecule has 1 N–H and O–H groups in total. The molecule has 0 aromatic heterocycles. The highest BCUT2D eigenvalue weighted by molar-refractivity contribution is 4.92. The summed E-state index contributed by atoms with van der Waals surface area (Å²) in [4.78, 5) is 2.77. The average molecular weight is 238 g/mol. The van der Waals surface area contributed by atoms with E-state index in [2.05, 4.69) is 10.2 Å². The van der Waals surface area contributed by atoms with Crippen molar-refractivity contribution < 1.29 is 4.74 Å². The van der Waals surface area contributed by atoms with Crippen molar-refractivity contribution in [3.63, 3.8) is 0 Å². The van der Waals surface area contributed by atoms with Gasteiger partial charge in [-0.2, -0.15) is 0 Å². The molecule has 0 bridgehead atoms. The second kappa shape index (κ2) is 5.68. The zero-order chi connectivity index (χ0) is 11.5. The van der Waals surface area contributed by atoms with E-state index in [-0.39, 0.29) is 0 Å². The Balaban J connectivity index is 1.55. The van der Waals surface area contributed by atoms with Crippen LogP contribution in [0.1, 0.15) is 44.9 Å². The standard InChI is InChI=1S/C14H26N2O/c1-2-8-15-12(4-1)10-16(13-6-7-13)14-5-3-9-17-11-14/h12-15H,1-11H2. The second-order valence-corrected chi connectivity index (χ2v) is 5.95. The number of hydrogen-bond acceptors (Lipinski definition) is 3. The number of ether oxygens (including phenoxy) is 1. The first-order valence-electron chi connectivity index (χ1n) is 7.50. The summed E-state index contributed by atoms with van der Waals surface area (Å²) < 4.78 is 5.67. The third-order valence-electron chi connectivity index (χ3n) is 4.46. The zero-order valence-electron chi connectivity index (χ0n) is 10.9. The SMILES string of the molecule is C1CCC(CN(C2CC2)C2CCCOC2)NC1. The van der Waals surface area contributed by atoms with Gasteiger partial charge in [-0.15, -0.1) is 0 Å². The quantitative estimate of drug-likeness (QED) is 0.808. The van der Waals surface area contributed by atoms with Gasteiger partial charge in [0, 0.05) is 31.3 Å². The summed E-state index contributed by atoms with van der Waals surface area (Å²) in [5.41, 5.74) is 0. The fraction of sp³-hybridized carbons (Fsp3) is 1.00. The van der Waals surface area contributed by atoms with Crippen LogP contribution in [0.15, 0.2) is 0 Å². The largest absolute Gasteiger partial charge is 0.380 e. The van der Waals surface area contributed by atoms with Gasteiger partial charge in [0.15, 0.2) is 0 Å². The summed E-state index contributed by atoms with van der Waals surface area (Å²) >= 11 is 0. The van der Waals surface area contributed by atoms with Gasteiger partial charge in [-0.25, -0.2) is 0 Å². The van der Waals surface area contributed by atoms with Gasteiger partial charge in [0.1, 0.15) is 0 Å². The lowest BCUT2D eigenvalue weighted by Gasteiger charge is -2.37. The Hall–Kier alpha value is -0.120. The number of nitrogens with one attached hydrogen (secondary N) is 1. The predicted molar refractivity (Wildman–Crippen MR) is 69.2 cm³/mol. The summed E-state index contributed by atoms with van der Waals surface area (Å²) in [6.45, 7) is 4.45. The molecule has 3 aliphatic rings. The normalized spacial score (nSPS) is 35.1. The van der Waals surface area contributed by atoms with Crippen LogP contribution in [0, 0.1) is 0 Å². The van der Waals surface area contributed by atoms with Gasteiger partial charge in [0.2, 0.25) is 0 Å². The first-order valence-corrected chi connectivity index (χ1v) is 7.50. The van der Waals surface area contributed by atoms with Crippen molar-refractivity contribution >= 4 is 0 Å². The average Bonchev–Trinajstić information content (AvgIpc) is 3.23. The topological polar surface area (TPSA) is 24.5 Å². The van der Waals surface area contributed by atoms with E-state index < -0.39 is 0 Å². The Morgan fingerprint density at radius 3 is 2.59 bits per heavy atom. The molecule has 2 aliphatic heterocycles. The molecule has 3 rings (SSSR count). The maximum atomic E-state index is 5.67. The van der Waals surface area contributed by atoms with Crippen molar-refractivity contribution in [3.05, 3.63) is 0 Å². The zero-order valence-corrected chi connectivity index (χ0v) is 10.9. The molecule has 0 radical (unpaired) electrons. The van der Waals surface area contributed by atoms with E-state index in [4.69, 9.17) is 4.74 Å². The minimum absolute atomic E-state index is 0.708. The lowest BCUT2D eigenvalue weighted by atomic mass is 10.0. The highest BCUT2D eigenvalue weighted by Gasteiger charge is 2.36. The molecular formula is C14H26N2O. The van der Waals surface area contributed by atoms with Gasteiger partial charge in [-0.05, 0) is 45.1 Å². The smallest absolute Gasteiger partial charge is 0.0621 e. The van der Waals surface area contributed by atoms with E-state index in [0.29, 0.717) is 6.04 Å². The first kappa shape index (κ1) is 11.9. The summed E-state index contributed by atoms with van der Waals surface area (Å²) in [5, 5.41) is 3.69. The number of rotatable bonds is 4. The molecule has 0 aromatic carbocycles. The molecule has 2 atom stereocenters. The molecule has 98 valence electrons. The van der Waals surface area contributed by atoms with Gasteiger partial charge >= 0.3 is 0 Å². The minimum atomic E-state index is 0.708. The third kappa shape index (κ3) is 3.21. The molecule has 17 heavy (non-hydrogen) atoms. The lowest BCUT2D eigenvalue weighted by Crippen LogP contribution is -2.50. The van der Waals surface area contributed by atoms with Crippen molar-refractivity contribution in [2.24, 2.45) is 0 Å². The van der Waals surface area contributed by atoms with Gasteiger partial charge in [-0.3, -0.25) is 4.90 Å². The summed E-state index contributed by atoms with van der Waals surface area (Å²) in [7, 11) is 0. The molecular weight excluding hydrogens is 212 g/mol. The van der Waals surface area contributed by atoms with Crippen LogP contribution in [-0.4, -0.2) is 49.3 Å². The van der Waals surface area contributed by atoms with Crippen molar-refractivity contribution in [1.29, 1.82) is 0 Å². The number of nitrogens with zero attached hydrogens (tertiary/aromatic N) is 1. The van der Waals surface area contributed by atoms with Crippen LogP contribution in [0.2, 0.25) is 0 Å². The Kier molecular flexibility index (Phi) is 3.99. The molecule has 2 unspecified atom stereocenters. The molecule has 0 amide bonds. The Morgan fingerprint density at radius 1 is 1.00 bits per heavy atom. The summed E-state index contributed by atoms with van der Waals surface area (Å²) in [6.07, 6.45) is 9.60. The van der Waals surface area contributed by atoms with E-state index in [0.717, 1.165) is 25.3 Å². The van der Waals surface area contributed by atoms with E-state index in [1.165, 1.54) is 58.0 Å². The number of hydrogen-bond donors (Lipinski definition) is 1. The highest BCUT2D eigenvalue weighted by Crippen LogP contribution is 2.31. The second-order valence-electron chi connectivity index (χ2n) is 5.95. The minimum Gasteiger partial charge on any atom is -0.380 e. The van der Waals surface area contributed by atoms with E-state index in [9.17, 15) is 0 Å². The van der Waals surface area contributed by atoms with Crippen LogP contribution >= 0.6 is 0 Å². The molecule has 3 fully saturated rings. The monoisotopic (exact) mass is 238 g/mol. The molecule has 3 nitrogen and oxygen atoms in total. The van der Waals surface area contributed by atoms with E-state index >= 15 is 0 Å². The first-order chi connectivity index (χ1) is 8.43. The van der Waals surface area contributed by atoms with Crippen LogP contribution in [0.4, 0.5) is 0 Å². The Bertz CT molecular complexity index is 230. The van der Waals surface area contributed by atoms with Crippen LogP contribution in [-0.2, 0) is 4.74 Å². The highest BCUT2D eigenvalue weighted by atomic mass is 16.5. The van der Waals surface area contributed by atoms with Gasteiger partial charge in [0.05, 0.1) is 6.61 Å². The molecule has 1 aliphatic carbocycles. The van der Waals surface area contributed by atoms with Crippen molar-refractivity contribution in [1.82, 2.24) is 10.2 Å². The lowest BCUT2D eigenvalue weighted by molar-refractivity contribution is 0.00964. The Labute approximate surface area is 105 Å². The summed E-state index contributed by atoms with van der Waals surface area (Å²) in [5.74, 6) is 0. The third-order valence-corrected chi connectivity index (χ3v) is 4.46. The molecule has 3 heteroatoms. The molecule has 0 spiro atoms. The van der Waals surface area contributed by atoms with Crippen molar-refractivity contribution in [2.75, 3.05) is 26.3 Å². The van der Waals surface area contributed by atoms with E-state index in [1.807, 2.05) is 0 Å². The van der Waals surface area contributed by atoms with Crippen molar-refractivity contribution in [2.45, 2.75) is 63.1 Å². The Morgan fingerprint density at radius 2 is 1.94 bits per heavy atom. The molecule has 2 heterocycles. The molecule has 0 aromatic rings. The van der Waals surface area contributed by atoms with Crippen LogP contribution < -0.4 is 5.32 Å². The number of piperidine rings is 1. The van der Waals surface area contributed by atoms with Gasteiger partial charge in [-0.1, -0.05) is 6.42 Å². The maximum absolute atomic E-state index is 5.67. The van der Waals surface area contributed by atoms with E-state index in [1.54, 1.807) is 0 Å². The van der Waals surface area contributed by atoms with Crippen molar-refractivity contribution in [3.8, 4) is 0 Å². The van der Waals surface area contributed by atoms with Crippen LogP contribution in [0.5, 0.6) is 0 Å². The fourth-order valence-corrected chi connectivity index (χ4v) is 3.32. The fourth-order valence-electron chi connectivity index (χ4n) is 3.32. The molecule has 2 saturated heterocycles. The maximum Gasteiger partial charge on any atom is 0.0621 e. The molecule has 1 saturated carbocycles. The predicted octanol–water partition coefficient (Wildman–Crippen LogP) is 1.77. The van der Waals surface area contributed by atoms with Gasteiger partial charge < -0.3 is 10.1 Å².